The molecule has 1 aromatic heterocycles. The average molecular weight is 409 g/mol. The summed E-state index contributed by atoms with van der Waals surface area (Å²) in [6.07, 6.45) is 0. The first kappa shape index (κ1) is 19.5. The fourth-order valence-corrected chi connectivity index (χ4v) is 4.03. The molecule has 0 spiro atoms. The number of aromatic nitrogens is 3. The van der Waals surface area contributed by atoms with Gasteiger partial charge in [-0.15, -0.1) is 10.2 Å². The first-order valence-electron chi connectivity index (χ1n) is 9.40. The molecular formula is C22H24N4O2S. The number of nitrogens with zero attached hydrogens (tertiary/aromatic N) is 4. The molecule has 0 saturated heterocycles. The van der Waals surface area contributed by atoms with E-state index in [4.69, 9.17) is 14.6 Å². The van der Waals surface area contributed by atoms with Gasteiger partial charge in [-0.25, -0.2) is 0 Å². The summed E-state index contributed by atoms with van der Waals surface area (Å²) in [4.78, 5) is 0. The van der Waals surface area contributed by atoms with Gasteiger partial charge in [-0.3, -0.25) is 0 Å². The molecule has 0 amide bonds. The van der Waals surface area contributed by atoms with Crippen LogP contribution in [0.4, 0.5) is 0 Å². The van der Waals surface area contributed by atoms with Gasteiger partial charge in [-0.2, -0.15) is 9.78 Å². The van der Waals surface area contributed by atoms with E-state index in [-0.39, 0.29) is 5.41 Å². The average Bonchev–Trinajstić information content (AvgIpc) is 3.16. The molecule has 0 radical (unpaired) electrons. The first-order chi connectivity index (χ1) is 13.9. The van der Waals surface area contributed by atoms with E-state index >= 15 is 0 Å². The topological polar surface area (TPSA) is 61.5 Å². The number of thioether (sulfide) groups is 1. The van der Waals surface area contributed by atoms with Crippen LogP contribution in [0.5, 0.6) is 11.5 Å². The smallest absolute Gasteiger partial charge is 0.212 e. The molecule has 29 heavy (non-hydrogen) atoms. The lowest BCUT2D eigenvalue weighted by Gasteiger charge is -2.19. The van der Waals surface area contributed by atoms with Crippen LogP contribution in [0.3, 0.4) is 0 Å². The minimum Gasteiger partial charge on any atom is -0.497 e. The Morgan fingerprint density at radius 1 is 0.966 bits per heavy atom. The molecular weight excluding hydrogens is 384 g/mol. The van der Waals surface area contributed by atoms with E-state index in [0.29, 0.717) is 5.75 Å². The van der Waals surface area contributed by atoms with E-state index in [1.165, 1.54) is 5.56 Å². The summed E-state index contributed by atoms with van der Waals surface area (Å²) in [5.74, 6) is 2.94. The van der Waals surface area contributed by atoms with Crippen LogP contribution in [0.15, 0.2) is 52.7 Å². The van der Waals surface area contributed by atoms with Gasteiger partial charge in [0.15, 0.2) is 5.82 Å². The predicted molar refractivity (Wildman–Crippen MR) is 116 cm³/mol. The lowest BCUT2D eigenvalue weighted by atomic mass is 9.87. The zero-order valence-corrected chi connectivity index (χ0v) is 18.1. The number of methoxy groups -OCH3 is 2. The molecule has 0 bridgehead atoms. The molecule has 0 unspecified atom stereocenters. The highest BCUT2D eigenvalue weighted by Gasteiger charge is 2.23. The SMILES string of the molecule is COc1ccc(OC)c(C2=Nn3c(nnc3-c3ccc(C(C)(C)C)cc3)SC2)c1. The van der Waals surface area contributed by atoms with Crippen LogP contribution >= 0.6 is 11.8 Å². The van der Waals surface area contributed by atoms with Crippen LogP contribution in [0.1, 0.15) is 31.9 Å². The van der Waals surface area contributed by atoms with Gasteiger partial charge in [-0.1, -0.05) is 56.8 Å². The summed E-state index contributed by atoms with van der Waals surface area (Å²) < 4.78 is 12.7. The van der Waals surface area contributed by atoms with Gasteiger partial charge in [0.2, 0.25) is 5.16 Å². The first-order valence-corrected chi connectivity index (χ1v) is 10.4. The highest BCUT2D eigenvalue weighted by molar-refractivity contribution is 7.99. The number of rotatable bonds is 4. The Morgan fingerprint density at radius 3 is 2.38 bits per heavy atom. The number of benzene rings is 2. The van der Waals surface area contributed by atoms with Crippen LogP contribution < -0.4 is 9.47 Å². The van der Waals surface area contributed by atoms with E-state index in [1.807, 2.05) is 22.9 Å². The van der Waals surface area contributed by atoms with Gasteiger partial charge >= 0.3 is 0 Å². The van der Waals surface area contributed by atoms with Crippen molar-refractivity contribution in [1.29, 1.82) is 0 Å². The fraction of sp³-hybridized carbons (Fsp3) is 0.318. The van der Waals surface area contributed by atoms with Gasteiger partial charge in [0.1, 0.15) is 11.5 Å². The maximum atomic E-state index is 5.54. The minimum atomic E-state index is 0.104. The monoisotopic (exact) mass is 408 g/mol. The second-order valence-electron chi connectivity index (χ2n) is 7.85. The molecule has 2 aromatic carbocycles. The van der Waals surface area contributed by atoms with Crippen molar-refractivity contribution in [3.8, 4) is 22.9 Å². The van der Waals surface area contributed by atoms with E-state index in [1.54, 1.807) is 26.0 Å². The predicted octanol–water partition coefficient (Wildman–Crippen LogP) is 4.62. The van der Waals surface area contributed by atoms with Gasteiger partial charge < -0.3 is 9.47 Å². The van der Waals surface area contributed by atoms with Crippen molar-refractivity contribution in [2.24, 2.45) is 5.10 Å². The highest BCUT2D eigenvalue weighted by atomic mass is 32.2. The van der Waals surface area contributed by atoms with Crippen molar-refractivity contribution in [3.63, 3.8) is 0 Å². The molecule has 0 saturated carbocycles. The molecule has 0 aliphatic carbocycles. The summed E-state index contributed by atoms with van der Waals surface area (Å²) in [6, 6.07) is 14.2. The number of ether oxygens (including phenoxy) is 2. The third-order valence-electron chi connectivity index (χ3n) is 4.90. The molecule has 1 aliphatic heterocycles. The number of fused-ring (bicyclic) bond motifs is 1. The van der Waals surface area contributed by atoms with Crippen molar-refractivity contribution in [2.45, 2.75) is 31.3 Å². The molecule has 4 rings (SSSR count). The van der Waals surface area contributed by atoms with Crippen molar-refractivity contribution < 1.29 is 9.47 Å². The summed E-state index contributed by atoms with van der Waals surface area (Å²) in [5, 5.41) is 14.4. The molecule has 2 heterocycles. The quantitative estimate of drug-likeness (QED) is 0.630. The van der Waals surface area contributed by atoms with Crippen molar-refractivity contribution in [3.05, 3.63) is 53.6 Å². The molecule has 150 valence electrons. The summed E-state index contributed by atoms with van der Waals surface area (Å²) >= 11 is 1.61. The van der Waals surface area contributed by atoms with Crippen molar-refractivity contribution in [2.75, 3.05) is 20.0 Å². The second-order valence-corrected chi connectivity index (χ2v) is 8.79. The second kappa shape index (κ2) is 7.55. The van der Waals surface area contributed by atoms with Crippen LogP contribution in [0.2, 0.25) is 0 Å². The van der Waals surface area contributed by atoms with Crippen LogP contribution in [0.25, 0.3) is 11.4 Å². The Balaban J connectivity index is 1.76. The van der Waals surface area contributed by atoms with Crippen LogP contribution in [-0.4, -0.2) is 40.6 Å². The lowest BCUT2D eigenvalue weighted by molar-refractivity contribution is 0.402. The maximum Gasteiger partial charge on any atom is 0.212 e. The van der Waals surface area contributed by atoms with Crippen molar-refractivity contribution in [1.82, 2.24) is 14.9 Å². The third-order valence-corrected chi connectivity index (χ3v) is 5.83. The van der Waals surface area contributed by atoms with Gasteiger partial charge in [0.05, 0.1) is 19.9 Å². The van der Waals surface area contributed by atoms with Gasteiger partial charge in [0.25, 0.3) is 0 Å². The van der Waals surface area contributed by atoms with Crippen LogP contribution in [-0.2, 0) is 5.41 Å². The Kier molecular flexibility index (Phi) is 5.08. The Labute approximate surface area is 175 Å². The molecule has 7 heteroatoms. The summed E-state index contributed by atoms with van der Waals surface area (Å²) in [5.41, 5.74) is 4.17. The van der Waals surface area contributed by atoms with E-state index in [9.17, 15) is 0 Å². The van der Waals surface area contributed by atoms with E-state index in [2.05, 4.69) is 55.2 Å². The van der Waals surface area contributed by atoms with Gasteiger partial charge in [-0.05, 0) is 29.2 Å². The zero-order chi connectivity index (χ0) is 20.6. The Bertz CT molecular complexity index is 1070. The van der Waals surface area contributed by atoms with Crippen molar-refractivity contribution >= 4 is 17.5 Å². The number of hydrogen-bond donors (Lipinski definition) is 0. The van der Waals surface area contributed by atoms with Gasteiger partial charge in [0, 0.05) is 16.9 Å². The summed E-state index contributed by atoms with van der Waals surface area (Å²) in [6.45, 7) is 6.61. The maximum absolute atomic E-state index is 5.54. The Hall–Kier alpha value is -2.80. The largest absolute Gasteiger partial charge is 0.497 e. The summed E-state index contributed by atoms with van der Waals surface area (Å²) in [7, 11) is 3.31. The normalized spacial score (nSPS) is 13.6. The zero-order valence-electron chi connectivity index (χ0n) is 17.3. The molecule has 3 aromatic rings. The molecule has 0 atom stereocenters. The molecule has 0 N–H and O–H groups in total. The minimum absolute atomic E-state index is 0.104. The fourth-order valence-electron chi connectivity index (χ4n) is 3.20. The van der Waals surface area contributed by atoms with Crippen LogP contribution in [0, 0.1) is 0 Å². The van der Waals surface area contributed by atoms with E-state index < -0.39 is 0 Å². The standard InChI is InChI=1S/C22H24N4O2S/c1-22(2,3)15-8-6-14(7-9-15)20-23-24-21-26(20)25-18(13-29-21)17-12-16(27-4)10-11-19(17)28-5/h6-12H,13H2,1-5H3. The lowest BCUT2D eigenvalue weighted by Crippen LogP contribution is -2.15. The molecule has 6 nitrogen and oxygen atoms in total. The van der Waals surface area contributed by atoms with E-state index in [0.717, 1.165) is 39.3 Å². The molecule has 0 fully saturated rings. The molecule has 1 aliphatic rings. The Morgan fingerprint density at radius 2 is 1.72 bits per heavy atom. The third kappa shape index (κ3) is 3.74. The highest BCUT2D eigenvalue weighted by Crippen LogP contribution is 2.33. The number of hydrogen-bond acceptors (Lipinski definition) is 6.